The molecule has 0 saturated carbocycles. The first-order valence-corrected chi connectivity index (χ1v) is 9.84. The Morgan fingerprint density at radius 1 is 1.21 bits per heavy atom. The van der Waals surface area contributed by atoms with E-state index in [9.17, 15) is 4.39 Å². The van der Waals surface area contributed by atoms with Crippen molar-refractivity contribution in [2.24, 2.45) is 4.99 Å². The van der Waals surface area contributed by atoms with Crippen LogP contribution in [0.5, 0.6) is 0 Å². The Hall–Kier alpha value is -3.15. The van der Waals surface area contributed by atoms with Gasteiger partial charge >= 0.3 is 0 Å². The number of aliphatic imine (C=N–C) groups is 1. The Balaban J connectivity index is 1.56. The second-order valence-corrected chi connectivity index (χ2v) is 7.07. The SMILES string of the molecule is CN=C(NCc1nccn1CCc1ccccc1)NC(C)c1ccc(C)c(F)c1. The first-order valence-electron chi connectivity index (χ1n) is 9.84. The number of benzene rings is 2. The summed E-state index contributed by atoms with van der Waals surface area (Å²) in [6.07, 6.45) is 4.76. The third kappa shape index (κ3) is 5.67. The summed E-state index contributed by atoms with van der Waals surface area (Å²) in [5.74, 6) is 1.40. The highest BCUT2D eigenvalue weighted by Gasteiger charge is 2.11. The maximum Gasteiger partial charge on any atom is 0.191 e. The number of imidazole rings is 1. The summed E-state index contributed by atoms with van der Waals surface area (Å²) in [7, 11) is 1.72. The van der Waals surface area contributed by atoms with Gasteiger partial charge in [-0.15, -0.1) is 0 Å². The van der Waals surface area contributed by atoms with Gasteiger partial charge in [0.1, 0.15) is 11.6 Å². The molecule has 3 rings (SSSR count). The van der Waals surface area contributed by atoms with Crippen LogP contribution < -0.4 is 10.6 Å². The maximum absolute atomic E-state index is 13.8. The molecule has 1 unspecified atom stereocenters. The Bertz CT molecular complexity index is 949. The Morgan fingerprint density at radius 3 is 2.72 bits per heavy atom. The van der Waals surface area contributed by atoms with Crippen LogP contribution in [0.1, 0.15) is 35.5 Å². The van der Waals surface area contributed by atoms with Gasteiger partial charge in [-0.2, -0.15) is 0 Å². The molecule has 29 heavy (non-hydrogen) atoms. The van der Waals surface area contributed by atoms with Crippen molar-refractivity contribution in [3.63, 3.8) is 0 Å². The predicted molar refractivity (Wildman–Crippen MR) is 115 cm³/mol. The van der Waals surface area contributed by atoms with Crippen molar-refractivity contribution < 1.29 is 4.39 Å². The minimum absolute atomic E-state index is 0.0749. The Labute approximate surface area is 171 Å². The molecule has 3 aromatic rings. The molecule has 0 aliphatic carbocycles. The minimum Gasteiger partial charge on any atom is -0.350 e. The number of hydrogen-bond donors (Lipinski definition) is 2. The van der Waals surface area contributed by atoms with Crippen molar-refractivity contribution in [3.8, 4) is 0 Å². The molecule has 2 aromatic carbocycles. The molecule has 152 valence electrons. The maximum atomic E-state index is 13.8. The highest BCUT2D eigenvalue weighted by molar-refractivity contribution is 5.80. The average Bonchev–Trinajstić information content (AvgIpc) is 3.19. The van der Waals surface area contributed by atoms with Gasteiger partial charge in [-0.3, -0.25) is 4.99 Å². The lowest BCUT2D eigenvalue weighted by atomic mass is 10.1. The summed E-state index contributed by atoms with van der Waals surface area (Å²) in [4.78, 5) is 8.74. The summed E-state index contributed by atoms with van der Waals surface area (Å²) in [6.45, 7) is 5.16. The summed E-state index contributed by atoms with van der Waals surface area (Å²) in [5.41, 5.74) is 2.82. The summed E-state index contributed by atoms with van der Waals surface area (Å²) < 4.78 is 16.0. The van der Waals surface area contributed by atoms with Crippen LogP contribution in [0.25, 0.3) is 0 Å². The summed E-state index contributed by atoms with van der Waals surface area (Å²) in [6, 6.07) is 15.6. The van der Waals surface area contributed by atoms with Crippen LogP contribution in [0.3, 0.4) is 0 Å². The fourth-order valence-electron chi connectivity index (χ4n) is 3.13. The van der Waals surface area contributed by atoms with Crippen LogP contribution in [-0.2, 0) is 19.5 Å². The molecule has 0 saturated heterocycles. The number of aromatic nitrogens is 2. The number of nitrogens with one attached hydrogen (secondary N) is 2. The quantitative estimate of drug-likeness (QED) is 0.471. The molecule has 1 atom stereocenters. The first kappa shape index (κ1) is 20.6. The lowest BCUT2D eigenvalue weighted by molar-refractivity contribution is 0.605. The molecule has 0 fully saturated rings. The van der Waals surface area contributed by atoms with Gasteiger partial charge in [0.05, 0.1) is 12.6 Å². The number of halogens is 1. The van der Waals surface area contributed by atoms with Gasteiger partial charge < -0.3 is 15.2 Å². The molecular formula is C23H28FN5. The molecule has 1 heterocycles. The van der Waals surface area contributed by atoms with Crippen molar-refractivity contribution in [2.75, 3.05) is 7.05 Å². The first-order chi connectivity index (χ1) is 14.1. The van der Waals surface area contributed by atoms with E-state index in [4.69, 9.17) is 0 Å². The minimum atomic E-state index is -0.195. The zero-order chi connectivity index (χ0) is 20.6. The Morgan fingerprint density at radius 2 is 2.00 bits per heavy atom. The smallest absolute Gasteiger partial charge is 0.191 e. The number of aryl methyl sites for hydroxylation is 3. The van der Waals surface area contributed by atoms with E-state index in [2.05, 4.69) is 49.4 Å². The lowest BCUT2D eigenvalue weighted by Gasteiger charge is -2.19. The van der Waals surface area contributed by atoms with Gasteiger partial charge in [0.15, 0.2) is 5.96 Å². The van der Waals surface area contributed by atoms with Crippen LogP contribution in [0, 0.1) is 12.7 Å². The van der Waals surface area contributed by atoms with Crippen LogP contribution in [0.15, 0.2) is 65.9 Å². The van der Waals surface area contributed by atoms with E-state index in [1.165, 1.54) is 5.56 Å². The molecule has 5 nitrogen and oxygen atoms in total. The molecule has 0 aliphatic rings. The third-order valence-electron chi connectivity index (χ3n) is 4.97. The standard InChI is InChI=1S/C23H28FN5/c1-17-9-10-20(15-21(17)24)18(2)28-23(25-3)27-16-22-26-12-14-29(22)13-11-19-7-5-4-6-8-19/h4-10,12,14-15,18H,11,13,16H2,1-3H3,(H2,25,27,28). The van der Waals surface area contributed by atoms with Crippen molar-refractivity contribution in [1.29, 1.82) is 0 Å². The molecule has 0 aliphatic heterocycles. The number of guanidine groups is 1. The normalized spacial score (nSPS) is 12.6. The molecule has 1 aromatic heterocycles. The molecular weight excluding hydrogens is 365 g/mol. The number of nitrogens with zero attached hydrogens (tertiary/aromatic N) is 3. The highest BCUT2D eigenvalue weighted by atomic mass is 19.1. The molecule has 0 amide bonds. The third-order valence-corrected chi connectivity index (χ3v) is 4.97. The van der Waals surface area contributed by atoms with Gasteiger partial charge in [-0.05, 0) is 43.0 Å². The van der Waals surface area contributed by atoms with E-state index in [1.54, 1.807) is 26.1 Å². The predicted octanol–water partition coefficient (Wildman–Crippen LogP) is 4.00. The van der Waals surface area contributed by atoms with Crippen molar-refractivity contribution in [3.05, 3.63) is 89.3 Å². The molecule has 0 bridgehead atoms. The van der Waals surface area contributed by atoms with E-state index in [0.29, 0.717) is 18.1 Å². The second kappa shape index (κ2) is 9.87. The van der Waals surface area contributed by atoms with Crippen molar-refractivity contribution in [2.45, 2.75) is 39.4 Å². The van der Waals surface area contributed by atoms with Crippen LogP contribution in [0.4, 0.5) is 4.39 Å². The van der Waals surface area contributed by atoms with E-state index in [1.807, 2.05) is 31.5 Å². The van der Waals surface area contributed by atoms with Gasteiger partial charge in [-0.1, -0.05) is 42.5 Å². The van der Waals surface area contributed by atoms with Crippen LogP contribution in [0.2, 0.25) is 0 Å². The zero-order valence-electron chi connectivity index (χ0n) is 17.2. The van der Waals surface area contributed by atoms with Crippen molar-refractivity contribution >= 4 is 5.96 Å². The fraction of sp³-hybridized carbons (Fsp3) is 0.304. The Kier molecular flexibility index (Phi) is 7.00. The molecule has 0 spiro atoms. The topological polar surface area (TPSA) is 54.2 Å². The fourth-order valence-corrected chi connectivity index (χ4v) is 3.13. The number of hydrogen-bond acceptors (Lipinski definition) is 2. The number of rotatable bonds is 7. The van der Waals surface area contributed by atoms with Gasteiger partial charge in [-0.25, -0.2) is 9.37 Å². The van der Waals surface area contributed by atoms with E-state index in [-0.39, 0.29) is 11.9 Å². The lowest BCUT2D eigenvalue weighted by Crippen LogP contribution is -2.38. The molecule has 2 N–H and O–H groups in total. The molecule has 6 heteroatoms. The summed E-state index contributed by atoms with van der Waals surface area (Å²) in [5, 5.41) is 6.60. The second-order valence-electron chi connectivity index (χ2n) is 7.07. The van der Waals surface area contributed by atoms with Gasteiger partial charge in [0.2, 0.25) is 0 Å². The van der Waals surface area contributed by atoms with Gasteiger partial charge in [0, 0.05) is 26.0 Å². The zero-order valence-corrected chi connectivity index (χ0v) is 17.2. The van der Waals surface area contributed by atoms with E-state index in [0.717, 1.165) is 24.4 Å². The van der Waals surface area contributed by atoms with E-state index < -0.39 is 0 Å². The van der Waals surface area contributed by atoms with Crippen LogP contribution >= 0.6 is 0 Å². The van der Waals surface area contributed by atoms with Crippen LogP contribution in [-0.4, -0.2) is 22.6 Å². The summed E-state index contributed by atoms with van der Waals surface area (Å²) >= 11 is 0. The van der Waals surface area contributed by atoms with Crippen molar-refractivity contribution in [1.82, 2.24) is 20.2 Å². The average molecular weight is 394 g/mol. The van der Waals surface area contributed by atoms with E-state index >= 15 is 0 Å². The van der Waals surface area contributed by atoms with Gasteiger partial charge in [0.25, 0.3) is 0 Å². The molecule has 0 radical (unpaired) electrons. The highest BCUT2D eigenvalue weighted by Crippen LogP contribution is 2.16. The largest absolute Gasteiger partial charge is 0.350 e. The monoisotopic (exact) mass is 393 g/mol.